The number of aryl methyl sites for hydroxylation is 1. The van der Waals surface area contributed by atoms with Gasteiger partial charge in [-0.05, 0) is 38.1 Å². The molecule has 0 aliphatic carbocycles. The summed E-state index contributed by atoms with van der Waals surface area (Å²) in [5.41, 5.74) is 1.08. The van der Waals surface area contributed by atoms with Gasteiger partial charge in [-0.3, -0.25) is 9.78 Å². The number of halogens is 3. The second-order valence-electron chi connectivity index (χ2n) is 5.96. The van der Waals surface area contributed by atoms with Crippen LogP contribution in [0.5, 0.6) is 0 Å². The maximum Gasteiger partial charge on any atom is 0.416 e. The Bertz CT molecular complexity index is 937. The average Bonchev–Trinajstić information content (AvgIpc) is 3.03. The second kappa shape index (κ2) is 7.48. The second-order valence-corrected chi connectivity index (χ2v) is 6.96. The van der Waals surface area contributed by atoms with Gasteiger partial charge >= 0.3 is 6.18 Å². The van der Waals surface area contributed by atoms with Crippen molar-refractivity contribution in [1.82, 2.24) is 15.3 Å². The summed E-state index contributed by atoms with van der Waals surface area (Å²) in [6.45, 7) is 3.53. The summed E-state index contributed by atoms with van der Waals surface area (Å²) in [5, 5.41) is 3.36. The lowest BCUT2D eigenvalue weighted by atomic mass is 10.1. The van der Waals surface area contributed by atoms with E-state index in [1.807, 2.05) is 19.1 Å². The number of hydrogen-bond donors (Lipinski definition) is 1. The van der Waals surface area contributed by atoms with Crippen LogP contribution in [0.25, 0.3) is 10.6 Å². The molecule has 8 heteroatoms. The highest BCUT2D eigenvalue weighted by Crippen LogP contribution is 2.33. The summed E-state index contributed by atoms with van der Waals surface area (Å²) in [4.78, 5) is 21.5. The minimum Gasteiger partial charge on any atom is -0.343 e. The van der Waals surface area contributed by atoms with E-state index in [0.717, 1.165) is 29.2 Å². The molecule has 3 rings (SSSR count). The van der Waals surface area contributed by atoms with Crippen LogP contribution in [0, 0.1) is 6.92 Å². The van der Waals surface area contributed by atoms with E-state index in [-0.39, 0.29) is 11.9 Å². The first-order chi connectivity index (χ1) is 12.8. The molecule has 1 atom stereocenters. The molecule has 0 radical (unpaired) electrons. The third-order valence-corrected chi connectivity index (χ3v) is 5.15. The number of thiazole rings is 1. The van der Waals surface area contributed by atoms with E-state index >= 15 is 0 Å². The summed E-state index contributed by atoms with van der Waals surface area (Å²) >= 11 is 1.15. The molecule has 0 unspecified atom stereocenters. The number of rotatable bonds is 4. The Morgan fingerprint density at radius 3 is 2.44 bits per heavy atom. The van der Waals surface area contributed by atoms with E-state index in [1.165, 1.54) is 12.1 Å². The van der Waals surface area contributed by atoms with Gasteiger partial charge in [0.05, 0.1) is 23.0 Å². The zero-order chi connectivity index (χ0) is 19.6. The van der Waals surface area contributed by atoms with Gasteiger partial charge in [0.1, 0.15) is 9.88 Å². The van der Waals surface area contributed by atoms with Gasteiger partial charge in [0.25, 0.3) is 5.91 Å². The van der Waals surface area contributed by atoms with Crippen molar-refractivity contribution >= 4 is 17.2 Å². The average molecular weight is 391 g/mol. The molecule has 27 heavy (non-hydrogen) atoms. The lowest BCUT2D eigenvalue weighted by Gasteiger charge is -2.12. The van der Waals surface area contributed by atoms with Crippen LogP contribution in [0.2, 0.25) is 0 Å². The highest BCUT2D eigenvalue weighted by atomic mass is 32.1. The summed E-state index contributed by atoms with van der Waals surface area (Å²) in [6.07, 6.45) is -2.73. The molecule has 1 amide bonds. The van der Waals surface area contributed by atoms with Crippen LogP contribution in [0.1, 0.15) is 39.6 Å². The van der Waals surface area contributed by atoms with Crippen molar-refractivity contribution in [2.75, 3.05) is 0 Å². The summed E-state index contributed by atoms with van der Waals surface area (Å²) in [7, 11) is 0. The number of amides is 1. The largest absolute Gasteiger partial charge is 0.416 e. The first-order valence-corrected chi connectivity index (χ1v) is 8.94. The van der Waals surface area contributed by atoms with Crippen molar-refractivity contribution in [3.05, 3.63) is 70.5 Å². The molecular weight excluding hydrogens is 375 g/mol. The Labute approximate surface area is 158 Å². The zero-order valence-electron chi connectivity index (χ0n) is 14.5. The van der Waals surface area contributed by atoms with Gasteiger partial charge in [-0.15, -0.1) is 11.3 Å². The summed E-state index contributed by atoms with van der Waals surface area (Å²) < 4.78 is 38.1. The number of carbonyl (C=O) groups is 1. The lowest BCUT2D eigenvalue weighted by molar-refractivity contribution is -0.137. The standard InChI is InChI=1S/C19H16F3N3OS/c1-11(15-5-3-4-10-23-15)24-17(26)16-12(2)25-18(27-16)13-6-8-14(9-7-13)19(20,21)22/h3-11H,1-2H3,(H,24,26)/t11-/m0/s1. The van der Waals surface area contributed by atoms with Crippen LogP contribution < -0.4 is 5.32 Å². The van der Waals surface area contributed by atoms with E-state index < -0.39 is 11.7 Å². The molecule has 0 saturated carbocycles. The number of hydrogen-bond acceptors (Lipinski definition) is 4. The number of nitrogens with zero attached hydrogens (tertiary/aromatic N) is 2. The highest BCUT2D eigenvalue weighted by molar-refractivity contribution is 7.17. The van der Waals surface area contributed by atoms with Gasteiger partial charge in [0.2, 0.25) is 0 Å². The van der Waals surface area contributed by atoms with Crippen LogP contribution in [0.15, 0.2) is 48.7 Å². The SMILES string of the molecule is Cc1nc(-c2ccc(C(F)(F)F)cc2)sc1C(=O)N[C@@H](C)c1ccccn1. The fourth-order valence-corrected chi connectivity index (χ4v) is 3.48. The Hall–Kier alpha value is -2.74. The molecule has 2 heterocycles. The number of benzene rings is 1. The fourth-order valence-electron chi connectivity index (χ4n) is 2.50. The van der Waals surface area contributed by atoms with Crippen molar-refractivity contribution in [2.24, 2.45) is 0 Å². The van der Waals surface area contributed by atoms with Gasteiger partial charge < -0.3 is 5.32 Å². The van der Waals surface area contributed by atoms with Crippen LogP contribution in [-0.4, -0.2) is 15.9 Å². The fraction of sp³-hybridized carbons (Fsp3) is 0.211. The predicted octanol–water partition coefficient (Wildman–Crippen LogP) is 5.02. The third kappa shape index (κ3) is 4.33. The zero-order valence-corrected chi connectivity index (χ0v) is 15.4. The van der Waals surface area contributed by atoms with Crippen molar-refractivity contribution in [2.45, 2.75) is 26.1 Å². The van der Waals surface area contributed by atoms with Crippen LogP contribution in [-0.2, 0) is 6.18 Å². The quantitative estimate of drug-likeness (QED) is 0.679. The van der Waals surface area contributed by atoms with Gasteiger partial charge in [0, 0.05) is 11.8 Å². The summed E-state index contributed by atoms with van der Waals surface area (Å²) in [5.74, 6) is -0.290. The molecule has 0 aliphatic heterocycles. The Morgan fingerprint density at radius 2 is 1.85 bits per heavy atom. The third-order valence-electron chi connectivity index (χ3n) is 3.94. The molecular formula is C19H16F3N3OS. The lowest BCUT2D eigenvalue weighted by Crippen LogP contribution is -2.27. The van der Waals surface area contributed by atoms with Crippen molar-refractivity contribution in [3.8, 4) is 10.6 Å². The van der Waals surface area contributed by atoms with Gasteiger partial charge in [-0.2, -0.15) is 13.2 Å². The number of carbonyl (C=O) groups excluding carboxylic acids is 1. The van der Waals surface area contributed by atoms with E-state index in [1.54, 1.807) is 19.2 Å². The molecule has 0 aliphatic rings. The normalized spacial score (nSPS) is 12.6. The number of aromatic nitrogens is 2. The molecule has 0 fully saturated rings. The van der Waals surface area contributed by atoms with E-state index in [2.05, 4.69) is 15.3 Å². The minimum atomic E-state index is -4.38. The molecule has 2 aromatic heterocycles. The van der Waals surface area contributed by atoms with Crippen molar-refractivity contribution < 1.29 is 18.0 Å². The molecule has 3 aromatic rings. The smallest absolute Gasteiger partial charge is 0.343 e. The number of pyridine rings is 1. The molecule has 1 aromatic carbocycles. The molecule has 0 bridgehead atoms. The molecule has 0 saturated heterocycles. The Morgan fingerprint density at radius 1 is 1.15 bits per heavy atom. The molecule has 140 valence electrons. The molecule has 4 nitrogen and oxygen atoms in total. The maximum absolute atomic E-state index is 12.7. The van der Waals surface area contributed by atoms with E-state index in [0.29, 0.717) is 21.1 Å². The Balaban J connectivity index is 1.79. The molecule has 1 N–H and O–H groups in total. The topological polar surface area (TPSA) is 54.9 Å². The van der Waals surface area contributed by atoms with Gasteiger partial charge in [0.15, 0.2) is 0 Å². The van der Waals surface area contributed by atoms with E-state index in [4.69, 9.17) is 0 Å². The molecule has 0 spiro atoms. The Kier molecular flexibility index (Phi) is 5.27. The predicted molar refractivity (Wildman–Crippen MR) is 97.4 cm³/mol. The van der Waals surface area contributed by atoms with E-state index in [9.17, 15) is 18.0 Å². The van der Waals surface area contributed by atoms with Crippen molar-refractivity contribution in [3.63, 3.8) is 0 Å². The highest BCUT2D eigenvalue weighted by Gasteiger charge is 2.30. The number of alkyl halides is 3. The first-order valence-electron chi connectivity index (χ1n) is 8.12. The first kappa shape index (κ1) is 19.0. The van der Waals surface area contributed by atoms with Crippen LogP contribution in [0.3, 0.4) is 0 Å². The monoisotopic (exact) mass is 391 g/mol. The van der Waals surface area contributed by atoms with Crippen LogP contribution >= 0.6 is 11.3 Å². The van der Waals surface area contributed by atoms with Crippen molar-refractivity contribution in [1.29, 1.82) is 0 Å². The minimum absolute atomic E-state index is 0.283. The van der Waals surface area contributed by atoms with Gasteiger partial charge in [-0.25, -0.2) is 4.98 Å². The summed E-state index contributed by atoms with van der Waals surface area (Å²) in [6, 6.07) is 9.91. The van der Waals surface area contributed by atoms with Gasteiger partial charge in [-0.1, -0.05) is 18.2 Å². The maximum atomic E-state index is 12.7. The number of nitrogens with one attached hydrogen (secondary N) is 1. The van der Waals surface area contributed by atoms with Crippen LogP contribution in [0.4, 0.5) is 13.2 Å².